The lowest BCUT2D eigenvalue weighted by atomic mass is 10.1. The molecule has 162 valence electrons. The number of rotatable bonds is 4. The van der Waals surface area contributed by atoms with E-state index in [0.717, 1.165) is 30.2 Å². The van der Waals surface area contributed by atoms with Crippen LogP contribution in [0.1, 0.15) is 26.4 Å². The monoisotopic (exact) mass is 466 g/mol. The maximum Gasteiger partial charge on any atom is 0.416 e. The number of sulfonamides is 1. The van der Waals surface area contributed by atoms with Gasteiger partial charge in [0.25, 0.3) is 15.9 Å². The minimum Gasteiger partial charge on any atom is -0.334 e. The molecule has 0 unspecified atom stereocenters. The lowest BCUT2D eigenvalue weighted by Crippen LogP contribution is -2.35. The van der Waals surface area contributed by atoms with Crippen molar-refractivity contribution in [2.45, 2.75) is 24.0 Å². The molecule has 1 aromatic heterocycles. The minimum atomic E-state index is -4.58. The van der Waals surface area contributed by atoms with Gasteiger partial charge in [-0.3, -0.25) is 9.52 Å². The van der Waals surface area contributed by atoms with E-state index < -0.39 is 21.8 Å². The van der Waals surface area contributed by atoms with E-state index in [1.165, 1.54) is 35.2 Å². The fourth-order valence-corrected chi connectivity index (χ4v) is 5.29. The Morgan fingerprint density at radius 3 is 2.52 bits per heavy atom. The highest BCUT2D eigenvalue weighted by Crippen LogP contribution is 2.31. The molecule has 1 aliphatic rings. The van der Waals surface area contributed by atoms with Crippen LogP contribution in [-0.4, -0.2) is 25.8 Å². The molecule has 0 aliphatic carbocycles. The summed E-state index contributed by atoms with van der Waals surface area (Å²) in [5, 5.41) is 2.00. The predicted octanol–water partition coefficient (Wildman–Crippen LogP) is 4.77. The predicted molar refractivity (Wildman–Crippen MR) is 111 cm³/mol. The number of carbonyl (C=O) groups is 1. The summed E-state index contributed by atoms with van der Waals surface area (Å²) in [6.45, 7) is 1.10. The van der Waals surface area contributed by atoms with E-state index in [2.05, 4.69) is 4.72 Å². The number of fused-ring (bicyclic) bond motifs is 1. The van der Waals surface area contributed by atoms with Crippen LogP contribution in [0.25, 0.3) is 0 Å². The summed E-state index contributed by atoms with van der Waals surface area (Å²) in [6, 6.07) is 11.3. The van der Waals surface area contributed by atoms with E-state index in [1.807, 2.05) is 11.4 Å². The van der Waals surface area contributed by atoms with Gasteiger partial charge in [0.2, 0.25) is 0 Å². The van der Waals surface area contributed by atoms with Gasteiger partial charge in [-0.1, -0.05) is 6.07 Å². The summed E-state index contributed by atoms with van der Waals surface area (Å²) in [5.41, 5.74) is 0.310. The molecule has 1 N–H and O–H groups in total. The first-order valence-electron chi connectivity index (χ1n) is 9.28. The highest BCUT2D eigenvalue weighted by atomic mass is 32.2. The molecule has 0 atom stereocenters. The quantitative estimate of drug-likeness (QED) is 0.603. The van der Waals surface area contributed by atoms with Gasteiger partial charge in [0.05, 0.1) is 10.5 Å². The molecule has 0 bridgehead atoms. The third-order valence-electron chi connectivity index (χ3n) is 4.95. The number of carbonyl (C=O) groups excluding carboxylic acids is 1. The Bertz CT molecular complexity index is 1220. The number of benzene rings is 2. The van der Waals surface area contributed by atoms with E-state index in [0.29, 0.717) is 18.7 Å². The normalized spacial score (nSPS) is 14.2. The molecule has 0 saturated carbocycles. The van der Waals surface area contributed by atoms with Crippen molar-refractivity contribution in [2.24, 2.45) is 0 Å². The maximum absolute atomic E-state index is 12.8. The van der Waals surface area contributed by atoms with Gasteiger partial charge in [-0.2, -0.15) is 13.2 Å². The Morgan fingerprint density at radius 2 is 1.81 bits per heavy atom. The van der Waals surface area contributed by atoms with Gasteiger partial charge in [0.1, 0.15) is 0 Å². The summed E-state index contributed by atoms with van der Waals surface area (Å²) in [5.74, 6) is -0.202. The molecular formula is C21H17F3N2O3S2. The molecule has 0 radical (unpaired) electrons. The smallest absolute Gasteiger partial charge is 0.334 e. The SMILES string of the molecule is O=C(c1ccc(S(=O)(=O)Nc2cccc(C(F)(F)F)c2)cc1)N1CCc2sccc2C1. The third kappa shape index (κ3) is 4.59. The summed E-state index contributed by atoms with van der Waals surface area (Å²) in [4.78, 5) is 15.6. The number of halogens is 3. The van der Waals surface area contributed by atoms with Crippen LogP contribution >= 0.6 is 11.3 Å². The van der Waals surface area contributed by atoms with Gasteiger partial charge >= 0.3 is 6.18 Å². The zero-order chi connectivity index (χ0) is 22.2. The Hall–Kier alpha value is -2.85. The Morgan fingerprint density at radius 1 is 1.06 bits per heavy atom. The van der Waals surface area contributed by atoms with Crippen molar-refractivity contribution in [3.05, 3.63) is 81.5 Å². The number of nitrogens with zero attached hydrogens (tertiary/aromatic N) is 1. The zero-order valence-corrected chi connectivity index (χ0v) is 17.7. The Kier molecular flexibility index (Phi) is 5.52. The highest BCUT2D eigenvalue weighted by molar-refractivity contribution is 7.92. The van der Waals surface area contributed by atoms with E-state index >= 15 is 0 Å². The fourth-order valence-electron chi connectivity index (χ4n) is 3.35. The average molecular weight is 467 g/mol. The Balaban J connectivity index is 1.49. The van der Waals surface area contributed by atoms with E-state index in [9.17, 15) is 26.4 Å². The van der Waals surface area contributed by atoms with Crippen molar-refractivity contribution in [3.8, 4) is 0 Å². The molecule has 31 heavy (non-hydrogen) atoms. The number of amides is 1. The van der Waals surface area contributed by atoms with Crippen molar-refractivity contribution in [2.75, 3.05) is 11.3 Å². The molecule has 10 heteroatoms. The average Bonchev–Trinajstić information content (AvgIpc) is 3.20. The molecule has 1 amide bonds. The van der Waals surface area contributed by atoms with Crippen LogP contribution in [0.5, 0.6) is 0 Å². The topological polar surface area (TPSA) is 66.5 Å². The van der Waals surface area contributed by atoms with Crippen LogP contribution in [0.15, 0.2) is 64.9 Å². The second-order valence-corrected chi connectivity index (χ2v) is 9.74. The molecule has 0 spiro atoms. The number of nitrogens with one attached hydrogen (secondary N) is 1. The van der Waals surface area contributed by atoms with Crippen molar-refractivity contribution in [1.82, 2.24) is 4.90 Å². The lowest BCUT2D eigenvalue weighted by Gasteiger charge is -2.27. The van der Waals surface area contributed by atoms with Crippen molar-refractivity contribution in [3.63, 3.8) is 0 Å². The number of alkyl halides is 3. The second-order valence-electron chi connectivity index (χ2n) is 7.05. The van der Waals surface area contributed by atoms with Gasteiger partial charge in [-0.05, 0) is 65.9 Å². The number of hydrogen-bond donors (Lipinski definition) is 1. The van der Waals surface area contributed by atoms with Crippen LogP contribution in [0.4, 0.5) is 18.9 Å². The highest BCUT2D eigenvalue weighted by Gasteiger charge is 2.31. The van der Waals surface area contributed by atoms with Gasteiger partial charge in [-0.25, -0.2) is 8.42 Å². The van der Waals surface area contributed by atoms with Crippen LogP contribution in [0, 0.1) is 0 Å². The summed E-state index contributed by atoms with van der Waals surface area (Å²) in [7, 11) is -4.12. The number of hydrogen-bond acceptors (Lipinski definition) is 4. The minimum absolute atomic E-state index is 0.153. The van der Waals surface area contributed by atoms with Gasteiger partial charge < -0.3 is 4.90 Å². The van der Waals surface area contributed by atoms with Gasteiger partial charge in [-0.15, -0.1) is 11.3 Å². The first-order chi connectivity index (χ1) is 14.6. The van der Waals surface area contributed by atoms with Crippen LogP contribution in [0.3, 0.4) is 0 Å². The maximum atomic E-state index is 12.8. The Labute approximate surface area is 181 Å². The van der Waals surface area contributed by atoms with Crippen LogP contribution < -0.4 is 4.72 Å². The first kappa shape index (κ1) is 21.4. The zero-order valence-electron chi connectivity index (χ0n) is 16.0. The van der Waals surface area contributed by atoms with E-state index in [4.69, 9.17) is 0 Å². The molecular weight excluding hydrogens is 449 g/mol. The molecule has 5 nitrogen and oxygen atoms in total. The van der Waals surface area contributed by atoms with Crippen LogP contribution in [0.2, 0.25) is 0 Å². The molecule has 2 aromatic carbocycles. The molecule has 0 fully saturated rings. The van der Waals surface area contributed by atoms with Gasteiger partial charge in [0, 0.05) is 29.2 Å². The van der Waals surface area contributed by atoms with Crippen molar-refractivity contribution in [1.29, 1.82) is 0 Å². The lowest BCUT2D eigenvalue weighted by molar-refractivity contribution is -0.137. The third-order valence-corrected chi connectivity index (χ3v) is 7.37. The standard InChI is InChI=1S/C21H17F3N2O3S2/c22-21(23,24)16-2-1-3-17(12-16)25-31(28,29)18-6-4-14(5-7-18)20(27)26-10-8-19-15(13-26)9-11-30-19/h1-7,9,11-12,25H,8,10,13H2. The molecule has 1 aliphatic heterocycles. The molecule has 4 rings (SSSR count). The van der Waals surface area contributed by atoms with Gasteiger partial charge in [0.15, 0.2) is 0 Å². The second kappa shape index (κ2) is 8.01. The van der Waals surface area contributed by atoms with Crippen molar-refractivity contribution >= 4 is 33.0 Å². The van der Waals surface area contributed by atoms with E-state index in [-0.39, 0.29) is 16.5 Å². The van der Waals surface area contributed by atoms with E-state index in [1.54, 1.807) is 16.2 Å². The summed E-state index contributed by atoms with van der Waals surface area (Å²) >= 11 is 1.67. The molecule has 2 heterocycles. The van der Waals surface area contributed by atoms with Crippen LogP contribution in [-0.2, 0) is 29.2 Å². The summed E-state index contributed by atoms with van der Waals surface area (Å²) < 4.78 is 65.8. The number of thiophene rings is 1. The first-order valence-corrected chi connectivity index (χ1v) is 11.6. The molecule has 0 saturated heterocycles. The molecule has 3 aromatic rings. The van der Waals surface area contributed by atoms with Crippen molar-refractivity contribution < 1.29 is 26.4 Å². The fraction of sp³-hybridized carbons (Fsp3) is 0.190. The summed E-state index contributed by atoms with van der Waals surface area (Å²) in [6.07, 6.45) is -3.80. The number of anilines is 1. The largest absolute Gasteiger partial charge is 0.416 e.